The van der Waals surface area contributed by atoms with Gasteiger partial charge in [-0.15, -0.1) is 0 Å². The highest BCUT2D eigenvalue weighted by molar-refractivity contribution is 5.80. The van der Waals surface area contributed by atoms with E-state index in [1.165, 1.54) is 0 Å². The largest absolute Gasteiger partial charge is 0.465 e. The lowest BCUT2D eigenvalue weighted by Gasteiger charge is -2.26. The summed E-state index contributed by atoms with van der Waals surface area (Å²) < 4.78 is 6.98. The van der Waals surface area contributed by atoms with Crippen LogP contribution in [0.5, 0.6) is 0 Å². The molecule has 0 amide bonds. The van der Waals surface area contributed by atoms with Gasteiger partial charge in [0.2, 0.25) is 0 Å². The van der Waals surface area contributed by atoms with Gasteiger partial charge in [-0.3, -0.25) is 9.48 Å². The first-order chi connectivity index (χ1) is 8.51. The molecule has 0 aliphatic rings. The van der Waals surface area contributed by atoms with Crippen molar-refractivity contribution < 1.29 is 9.53 Å². The predicted molar refractivity (Wildman–Crippen MR) is 70.3 cm³/mol. The number of ether oxygens (including phenoxy) is 1. The van der Waals surface area contributed by atoms with Crippen LogP contribution in [0.1, 0.15) is 32.4 Å². The van der Waals surface area contributed by atoms with E-state index in [0.29, 0.717) is 6.61 Å². The van der Waals surface area contributed by atoms with Gasteiger partial charge in [-0.25, -0.2) is 0 Å². The number of esters is 1. The van der Waals surface area contributed by atoms with Crippen LogP contribution in [0.3, 0.4) is 0 Å². The molecule has 0 saturated heterocycles. The zero-order chi connectivity index (χ0) is 13.6. The monoisotopic (exact) mass is 253 g/mol. The highest BCUT2D eigenvalue weighted by atomic mass is 16.5. The van der Waals surface area contributed by atoms with E-state index in [1.54, 1.807) is 7.05 Å². The van der Waals surface area contributed by atoms with Crippen LogP contribution in [-0.2, 0) is 16.1 Å². The van der Waals surface area contributed by atoms with Crippen molar-refractivity contribution in [3.8, 4) is 0 Å². The molecule has 5 nitrogen and oxygen atoms in total. The maximum absolute atomic E-state index is 11.8. The lowest BCUT2D eigenvalue weighted by atomic mass is 9.96. The highest BCUT2D eigenvalue weighted by Crippen LogP contribution is 2.15. The fourth-order valence-electron chi connectivity index (χ4n) is 1.80. The molecule has 0 saturated carbocycles. The van der Waals surface area contributed by atoms with Crippen molar-refractivity contribution in [1.82, 2.24) is 15.1 Å². The van der Waals surface area contributed by atoms with Crippen molar-refractivity contribution in [3.05, 3.63) is 18.0 Å². The second-order valence-electron chi connectivity index (χ2n) is 4.63. The van der Waals surface area contributed by atoms with Crippen molar-refractivity contribution in [2.45, 2.75) is 45.7 Å². The van der Waals surface area contributed by atoms with Crippen LogP contribution < -0.4 is 5.32 Å². The maximum Gasteiger partial charge on any atom is 0.326 e. The number of aryl methyl sites for hydroxylation is 2. The van der Waals surface area contributed by atoms with Crippen LogP contribution >= 0.6 is 0 Å². The van der Waals surface area contributed by atoms with E-state index in [2.05, 4.69) is 10.4 Å². The van der Waals surface area contributed by atoms with Crippen molar-refractivity contribution >= 4 is 5.97 Å². The highest BCUT2D eigenvalue weighted by Gasteiger charge is 2.32. The van der Waals surface area contributed by atoms with E-state index < -0.39 is 5.54 Å². The molecule has 102 valence electrons. The normalized spacial score (nSPS) is 14.2. The fourth-order valence-corrected chi connectivity index (χ4v) is 1.80. The number of nitrogens with zero attached hydrogens (tertiary/aromatic N) is 2. The summed E-state index contributed by atoms with van der Waals surface area (Å²) in [6.45, 7) is 6.88. The molecule has 0 radical (unpaired) electrons. The number of hydrogen-bond acceptors (Lipinski definition) is 4. The number of aromatic nitrogens is 2. The quantitative estimate of drug-likeness (QED) is 0.748. The number of carbonyl (C=O) groups excluding carboxylic acids is 1. The van der Waals surface area contributed by atoms with Gasteiger partial charge in [-0.05, 0) is 46.7 Å². The first-order valence-corrected chi connectivity index (χ1v) is 6.38. The van der Waals surface area contributed by atoms with Crippen molar-refractivity contribution in [1.29, 1.82) is 0 Å². The van der Waals surface area contributed by atoms with Gasteiger partial charge in [0.15, 0.2) is 0 Å². The summed E-state index contributed by atoms with van der Waals surface area (Å²) in [6, 6.07) is 1.97. The molecule has 0 aromatic carbocycles. The molecule has 1 unspecified atom stereocenters. The molecule has 1 aromatic heterocycles. The van der Waals surface area contributed by atoms with Crippen LogP contribution in [0, 0.1) is 6.92 Å². The Bertz CT molecular complexity index is 389. The Hall–Kier alpha value is -1.36. The Balaban J connectivity index is 2.46. The molecule has 0 spiro atoms. The van der Waals surface area contributed by atoms with E-state index in [0.717, 1.165) is 25.1 Å². The summed E-state index contributed by atoms with van der Waals surface area (Å²) in [4.78, 5) is 11.8. The standard InChI is InChI=1S/C13H23N3O2/c1-5-18-12(17)13(3,14-4)8-6-9-16-10-7-11(2)15-16/h7,10,14H,5-6,8-9H2,1-4H3. The van der Waals surface area contributed by atoms with E-state index in [9.17, 15) is 4.79 Å². The summed E-state index contributed by atoms with van der Waals surface area (Å²) in [5.74, 6) is -0.191. The molecule has 0 aliphatic carbocycles. The van der Waals surface area contributed by atoms with E-state index in [1.807, 2.05) is 37.7 Å². The van der Waals surface area contributed by atoms with Crippen LogP contribution in [0.25, 0.3) is 0 Å². The smallest absolute Gasteiger partial charge is 0.326 e. The zero-order valence-corrected chi connectivity index (χ0v) is 11.7. The van der Waals surface area contributed by atoms with E-state index in [4.69, 9.17) is 4.74 Å². The molecular weight excluding hydrogens is 230 g/mol. The molecule has 0 aliphatic heterocycles. The molecular formula is C13H23N3O2. The van der Waals surface area contributed by atoms with Gasteiger partial charge in [0.05, 0.1) is 12.3 Å². The molecule has 0 fully saturated rings. The molecule has 0 bridgehead atoms. The van der Waals surface area contributed by atoms with E-state index in [-0.39, 0.29) is 5.97 Å². The second kappa shape index (κ2) is 6.54. The Labute approximate surface area is 109 Å². The van der Waals surface area contributed by atoms with Crippen molar-refractivity contribution in [2.75, 3.05) is 13.7 Å². The molecule has 1 N–H and O–H groups in total. The van der Waals surface area contributed by atoms with Gasteiger partial charge >= 0.3 is 5.97 Å². The van der Waals surface area contributed by atoms with Crippen molar-refractivity contribution in [3.63, 3.8) is 0 Å². The Morgan fingerprint density at radius 1 is 1.61 bits per heavy atom. The second-order valence-corrected chi connectivity index (χ2v) is 4.63. The van der Waals surface area contributed by atoms with Gasteiger partial charge in [-0.2, -0.15) is 5.10 Å². The Morgan fingerprint density at radius 3 is 2.83 bits per heavy atom. The van der Waals surface area contributed by atoms with Crippen molar-refractivity contribution in [2.24, 2.45) is 0 Å². The Kier molecular flexibility index (Phi) is 5.34. The fraction of sp³-hybridized carbons (Fsp3) is 0.692. The molecule has 1 atom stereocenters. The number of carbonyl (C=O) groups is 1. The maximum atomic E-state index is 11.8. The average molecular weight is 253 g/mol. The van der Waals surface area contributed by atoms with Gasteiger partial charge in [-0.1, -0.05) is 0 Å². The minimum atomic E-state index is -0.613. The predicted octanol–water partition coefficient (Wildman–Crippen LogP) is 1.51. The van der Waals surface area contributed by atoms with Gasteiger partial charge in [0.25, 0.3) is 0 Å². The molecule has 1 rings (SSSR count). The summed E-state index contributed by atoms with van der Waals surface area (Å²) in [5.41, 5.74) is 0.398. The summed E-state index contributed by atoms with van der Waals surface area (Å²) >= 11 is 0. The Morgan fingerprint density at radius 2 is 2.33 bits per heavy atom. The summed E-state index contributed by atoms with van der Waals surface area (Å²) in [6.07, 6.45) is 3.55. The average Bonchev–Trinajstić information content (AvgIpc) is 2.75. The van der Waals surface area contributed by atoms with Crippen LogP contribution in [0.15, 0.2) is 12.3 Å². The number of hydrogen-bond donors (Lipinski definition) is 1. The summed E-state index contributed by atoms with van der Waals surface area (Å²) in [7, 11) is 1.79. The molecule has 5 heteroatoms. The first kappa shape index (κ1) is 14.7. The SMILES string of the molecule is CCOC(=O)C(C)(CCCn1ccc(C)n1)NC. The zero-order valence-electron chi connectivity index (χ0n) is 11.7. The van der Waals surface area contributed by atoms with Crippen LogP contribution in [0.2, 0.25) is 0 Å². The number of likely N-dealkylation sites (N-methyl/N-ethyl adjacent to an activating group) is 1. The molecule has 1 heterocycles. The minimum Gasteiger partial charge on any atom is -0.465 e. The third kappa shape index (κ3) is 3.84. The van der Waals surface area contributed by atoms with Gasteiger partial charge in [0, 0.05) is 12.7 Å². The van der Waals surface area contributed by atoms with Crippen LogP contribution in [0.4, 0.5) is 0 Å². The lowest BCUT2D eigenvalue weighted by molar-refractivity contribution is -0.150. The van der Waals surface area contributed by atoms with Gasteiger partial charge in [0.1, 0.15) is 5.54 Å². The van der Waals surface area contributed by atoms with E-state index >= 15 is 0 Å². The third-order valence-corrected chi connectivity index (χ3v) is 3.12. The topological polar surface area (TPSA) is 56.2 Å². The molecule has 1 aromatic rings. The minimum absolute atomic E-state index is 0.191. The van der Waals surface area contributed by atoms with Gasteiger partial charge < -0.3 is 10.1 Å². The summed E-state index contributed by atoms with van der Waals surface area (Å²) in [5, 5.41) is 7.37. The number of rotatable bonds is 7. The molecule has 18 heavy (non-hydrogen) atoms. The lowest BCUT2D eigenvalue weighted by Crippen LogP contribution is -2.48. The number of nitrogens with one attached hydrogen (secondary N) is 1. The third-order valence-electron chi connectivity index (χ3n) is 3.12. The first-order valence-electron chi connectivity index (χ1n) is 6.38. The van der Waals surface area contributed by atoms with Crippen LogP contribution in [-0.4, -0.2) is 34.9 Å².